The van der Waals surface area contributed by atoms with Gasteiger partial charge in [-0.1, -0.05) is 35.6 Å². The summed E-state index contributed by atoms with van der Waals surface area (Å²) < 4.78 is 17.6. The number of benzene rings is 3. The molecule has 2 aromatic heterocycles. The summed E-state index contributed by atoms with van der Waals surface area (Å²) in [7, 11) is 0. The molecule has 1 atom stereocenters. The molecule has 0 fully saturated rings. The molecule has 0 radical (unpaired) electrons. The minimum absolute atomic E-state index is 0.00742. The molecule has 190 valence electrons. The van der Waals surface area contributed by atoms with E-state index in [0.717, 1.165) is 0 Å². The van der Waals surface area contributed by atoms with Gasteiger partial charge < -0.3 is 13.9 Å². The molecular formula is C29H22N2O6S. The molecule has 3 heterocycles. The zero-order valence-corrected chi connectivity index (χ0v) is 21.4. The molecule has 1 aliphatic heterocycles. The Labute approximate surface area is 221 Å². The predicted octanol–water partition coefficient (Wildman–Crippen LogP) is 5.73. The third-order valence-electron chi connectivity index (χ3n) is 6.36. The maximum atomic E-state index is 13.9. The van der Waals surface area contributed by atoms with Crippen LogP contribution in [-0.2, 0) is 4.74 Å². The number of hydrogen-bond acceptors (Lipinski definition) is 8. The monoisotopic (exact) mass is 526 g/mol. The molecule has 8 nitrogen and oxygen atoms in total. The molecule has 0 spiro atoms. The van der Waals surface area contributed by atoms with E-state index in [1.54, 1.807) is 49.4 Å². The second kappa shape index (κ2) is 9.42. The van der Waals surface area contributed by atoms with E-state index < -0.39 is 17.9 Å². The number of rotatable bonds is 6. The van der Waals surface area contributed by atoms with Gasteiger partial charge in [-0.3, -0.25) is 14.5 Å². The molecule has 38 heavy (non-hydrogen) atoms. The highest BCUT2D eigenvalue weighted by Gasteiger charge is 2.45. The first-order valence-electron chi connectivity index (χ1n) is 12.2. The minimum Gasteiger partial charge on any atom is -0.494 e. The molecule has 0 saturated heterocycles. The van der Waals surface area contributed by atoms with Crippen LogP contribution in [0.5, 0.6) is 5.75 Å². The topological polar surface area (TPSA) is 98.9 Å². The maximum Gasteiger partial charge on any atom is 0.338 e. The molecular weight excluding hydrogens is 504 g/mol. The Hall–Kier alpha value is -4.50. The van der Waals surface area contributed by atoms with Gasteiger partial charge in [0.15, 0.2) is 10.6 Å². The van der Waals surface area contributed by atoms with E-state index in [1.807, 2.05) is 31.2 Å². The predicted molar refractivity (Wildman–Crippen MR) is 144 cm³/mol. The van der Waals surface area contributed by atoms with Crippen LogP contribution < -0.4 is 15.1 Å². The molecule has 1 aliphatic rings. The number of fused-ring (bicyclic) bond motifs is 3. The highest BCUT2D eigenvalue weighted by molar-refractivity contribution is 7.22. The van der Waals surface area contributed by atoms with Crippen LogP contribution in [0.15, 0.2) is 75.9 Å². The van der Waals surface area contributed by atoms with E-state index in [1.165, 1.54) is 16.2 Å². The van der Waals surface area contributed by atoms with E-state index in [9.17, 15) is 14.4 Å². The smallest absolute Gasteiger partial charge is 0.338 e. The van der Waals surface area contributed by atoms with Gasteiger partial charge in [0.1, 0.15) is 11.3 Å². The Kier molecular flexibility index (Phi) is 5.92. The lowest BCUT2D eigenvalue weighted by Crippen LogP contribution is -2.29. The van der Waals surface area contributed by atoms with Crippen molar-refractivity contribution in [3.63, 3.8) is 0 Å². The van der Waals surface area contributed by atoms with Gasteiger partial charge in [0.05, 0.1) is 46.0 Å². The van der Waals surface area contributed by atoms with Gasteiger partial charge in [-0.2, -0.15) is 0 Å². The molecule has 1 amide bonds. The molecule has 9 heteroatoms. The Morgan fingerprint density at radius 1 is 1.03 bits per heavy atom. The van der Waals surface area contributed by atoms with Crippen LogP contribution in [0.2, 0.25) is 0 Å². The number of aromatic nitrogens is 1. The van der Waals surface area contributed by atoms with Gasteiger partial charge in [0.2, 0.25) is 5.76 Å². The van der Waals surface area contributed by atoms with Crippen LogP contribution in [0.3, 0.4) is 0 Å². The average molecular weight is 527 g/mol. The number of carbonyl (C=O) groups is 2. The third-order valence-corrected chi connectivity index (χ3v) is 7.37. The number of ether oxygens (including phenoxy) is 2. The quantitative estimate of drug-likeness (QED) is 0.261. The molecule has 5 aromatic rings. The van der Waals surface area contributed by atoms with Crippen LogP contribution in [0.4, 0.5) is 5.13 Å². The van der Waals surface area contributed by atoms with Crippen molar-refractivity contribution in [3.05, 3.63) is 99.4 Å². The SMILES string of the molecule is CCOC(=O)c1ccc2nc(N3C(=O)c4oc5ccccc5c(=O)c4[C@H]3c3cccc(OCC)c3)sc2c1. The van der Waals surface area contributed by atoms with Crippen molar-refractivity contribution in [2.75, 3.05) is 18.1 Å². The lowest BCUT2D eigenvalue weighted by Gasteiger charge is -2.23. The number of hydrogen-bond donors (Lipinski definition) is 0. The first kappa shape index (κ1) is 23.9. The van der Waals surface area contributed by atoms with Crippen LogP contribution in [0.1, 0.15) is 51.9 Å². The van der Waals surface area contributed by atoms with Crippen LogP contribution in [0, 0.1) is 0 Å². The average Bonchev–Trinajstić information content (AvgIpc) is 3.47. The van der Waals surface area contributed by atoms with Gasteiger partial charge in [-0.05, 0) is 61.9 Å². The van der Waals surface area contributed by atoms with Gasteiger partial charge >= 0.3 is 5.97 Å². The lowest BCUT2D eigenvalue weighted by molar-refractivity contribution is 0.0526. The third kappa shape index (κ3) is 3.83. The van der Waals surface area contributed by atoms with Crippen molar-refractivity contribution in [1.29, 1.82) is 0 Å². The number of nitrogens with zero attached hydrogens (tertiary/aromatic N) is 2. The summed E-state index contributed by atoms with van der Waals surface area (Å²) >= 11 is 1.25. The van der Waals surface area contributed by atoms with E-state index in [0.29, 0.717) is 49.8 Å². The zero-order valence-electron chi connectivity index (χ0n) is 20.6. The van der Waals surface area contributed by atoms with Gasteiger partial charge in [0, 0.05) is 0 Å². The number of amides is 1. The standard InChI is InChI=1S/C29H22N2O6S/c1-3-35-18-9-7-8-16(14-18)24-23-25(32)19-10-5-6-11-21(19)37-26(23)27(33)31(24)29-30-20-13-12-17(15-22(20)38-29)28(34)36-4-2/h5-15,24H,3-4H2,1-2H3/t24-/m1/s1. The van der Waals surface area contributed by atoms with E-state index >= 15 is 0 Å². The van der Waals surface area contributed by atoms with Crippen molar-refractivity contribution in [3.8, 4) is 5.75 Å². The second-order valence-electron chi connectivity index (χ2n) is 8.65. The van der Waals surface area contributed by atoms with Gasteiger partial charge in [-0.25, -0.2) is 9.78 Å². The Balaban J connectivity index is 1.55. The number of thiazole rings is 1. The number of para-hydroxylation sites is 1. The first-order valence-corrected chi connectivity index (χ1v) is 13.0. The molecule has 0 N–H and O–H groups in total. The van der Waals surface area contributed by atoms with Gasteiger partial charge in [-0.15, -0.1) is 0 Å². The summed E-state index contributed by atoms with van der Waals surface area (Å²) in [5, 5.41) is 0.780. The van der Waals surface area contributed by atoms with Crippen LogP contribution in [-0.4, -0.2) is 30.1 Å². The van der Waals surface area contributed by atoms with Crippen molar-refractivity contribution in [2.24, 2.45) is 0 Å². The number of esters is 1. The Bertz CT molecular complexity index is 1790. The van der Waals surface area contributed by atoms with E-state index in [2.05, 4.69) is 0 Å². The highest BCUT2D eigenvalue weighted by atomic mass is 32.1. The van der Waals surface area contributed by atoms with E-state index in [-0.39, 0.29) is 23.4 Å². The summed E-state index contributed by atoms with van der Waals surface area (Å²) in [6.45, 7) is 4.38. The molecule has 3 aromatic carbocycles. The molecule has 0 saturated carbocycles. The maximum absolute atomic E-state index is 13.9. The van der Waals surface area contributed by atoms with Crippen molar-refractivity contribution >= 4 is 49.5 Å². The lowest BCUT2D eigenvalue weighted by atomic mass is 9.98. The fraction of sp³-hybridized carbons (Fsp3) is 0.172. The molecule has 0 unspecified atom stereocenters. The fourth-order valence-electron chi connectivity index (χ4n) is 4.73. The normalized spacial score (nSPS) is 14.7. The fourth-order valence-corrected chi connectivity index (χ4v) is 5.76. The van der Waals surface area contributed by atoms with Crippen LogP contribution in [0.25, 0.3) is 21.2 Å². The largest absolute Gasteiger partial charge is 0.494 e. The van der Waals surface area contributed by atoms with Crippen molar-refractivity contribution in [2.45, 2.75) is 19.9 Å². The zero-order chi connectivity index (χ0) is 26.4. The summed E-state index contributed by atoms with van der Waals surface area (Å²) in [6, 6.07) is 18.5. The molecule has 0 aliphatic carbocycles. The van der Waals surface area contributed by atoms with Crippen LogP contribution >= 0.6 is 11.3 Å². The minimum atomic E-state index is -0.774. The summed E-state index contributed by atoms with van der Waals surface area (Å²) in [5.41, 5.74) is 2.04. The number of carbonyl (C=O) groups excluding carboxylic acids is 2. The summed E-state index contributed by atoms with van der Waals surface area (Å²) in [4.78, 5) is 46.1. The summed E-state index contributed by atoms with van der Waals surface area (Å²) in [5.74, 6) is -0.271. The highest BCUT2D eigenvalue weighted by Crippen LogP contribution is 2.44. The molecule has 6 rings (SSSR count). The van der Waals surface area contributed by atoms with Crippen molar-refractivity contribution < 1.29 is 23.5 Å². The Morgan fingerprint density at radius 2 is 1.87 bits per heavy atom. The van der Waals surface area contributed by atoms with Crippen molar-refractivity contribution in [1.82, 2.24) is 4.98 Å². The second-order valence-corrected chi connectivity index (χ2v) is 9.66. The molecule has 0 bridgehead atoms. The van der Waals surface area contributed by atoms with Gasteiger partial charge in [0.25, 0.3) is 5.91 Å². The first-order chi connectivity index (χ1) is 18.5. The van der Waals surface area contributed by atoms with E-state index in [4.69, 9.17) is 18.9 Å². The Morgan fingerprint density at radius 3 is 2.68 bits per heavy atom. The number of anilines is 1. The summed E-state index contributed by atoms with van der Waals surface area (Å²) in [6.07, 6.45) is 0.